The molecule has 0 saturated carbocycles. The molecule has 2 saturated heterocycles. The van der Waals surface area contributed by atoms with Crippen LogP contribution in [0.15, 0.2) is 0 Å². The summed E-state index contributed by atoms with van der Waals surface area (Å²) in [6.45, 7) is 3.47. The average Bonchev–Trinajstić information content (AvgIpc) is 2.20. The van der Waals surface area contributed by atoms with Gasteiger partial charge in [-0.2, -0.15) is 0 Å². The monoisotopic (exact) mass is 220 g/mol. The van der Waals surface area contributed by atoms with Crippen LogP contribution in [0.1, 0.15) is 19.3 Å². The standard InChI is InChI=1S/C9H16N2O2.ClH/c12-9-11(5-2-6-13-9)8-3-1-4-10-7-8;/h8,10H,1-7H2;1H. The third-order valence-corrected chi connectivity index (χ3v) is 2.72. The highest BCUT2D eigenvalue weighted by molar-refractivity contribution is 5.85. The van der Waals surface area contributed by atoms with Crippen molar-refractivity contribution in [2.24, 2.45) is 0 Å². The zero-order valence-corrected chi connectivity index (χ0v) is 9.02. The van der Waals surface area contributed by atoms with Gasteiger partial charge in [-0.15, -0.1) is 12.4 Å². The minimum Gasteiger partial charge on any atom is -0.449 e. The van der Waals surface area contributed by atoms with Gasteiger partial charge in [0, 0.05) is 19.1 Å². The Hall–Kier alpha value is -0.480. The number of rotatable bonds is 1. The highest BCUT2D eigenvalue weighted by Gasteiger charge is 2.28. The number of nitrogens with one attached hydrogen (secondary N) is 1. The first kappa shape index (κ1) is 11.6. The fourth-order valence-electron chi connectivity index (χ4n) is 2.00. The van der Waals surface area contributed by atoms with E-state index >= 15 is 0 Å². The number of amides is 1. The molecule has 1 amide bonds. The van der Waals surface area contributed by atoms with Crippen LogP contribution in [0, 0.1) is 0 Å². The number of halogens is 1. The molecule has 0 aromatic rings. The molecule has 1 unspecified atom stereocenters. The van der Waals surface area contributed by atoms with Crippen LogP contribution in [-0.4, -0.2) is 43.3 Å². The van der Waals surface area contributed by atoms with E-state index in [-0.39, 0.29) is 18.5 Å². The fourth-order valence-corrected chi connectivity index (χ4v) is 2.00. The highest BCUT2D eigenvalue weighted by Crippen LogP contribution is 2.15. The lowest BCUT2D eigenvalue weighted by molar-refractivity contribution is 0.0498. The number of piperidine rings is 1. The normalized spacial score (nSPS) is 27.9. The quantitative estimate of drug-likeness (QED) is 0.717. The molecule has 4 nitrogen and oxygen atoms in total. The van der Waals surface area contributed by atoms with Crippen molar-refractivity contribution >= 4 is 18.5 Å². The Morgan fingerprint density at radius 2 is 2.29 bits per heavy atom. The molecule has 0 radical (unpaired) electrons. The van der Waals surface area contributed by atoms with Crippen LogP contribution in [0.25, 0.3) is 0 Å². The highest BCUT2D eigenvalue weighted by atomic mass is 35.5. The summed E-state index contributed by atoms with van der Waals surface area (Å²) in [5, 5.41) is 3.30. The van der Waals surface area contributed by atoms with E-state index in [1.807, 2.05) is 4.90 Å². The van der Waals surface area contributed by atoms with Crippen LogP contribution in [0.2, 0.25) is 0 Å². The molecule has 0 aromatic heterocycles. The van der Waals surface area contributed by atoms with E-state index in [2.05, 4.69) is 5.32 Å². The van der Waals surface area contributed by atoms with Crippen molar-refractivity contribution in [3.63, 3.8) is 0 Å². The number of nitrogens with zero attached hydrogens (tertiary/aromatic N) is 1. The van der Waals surface area contributed by atoms with Crippen molar-refractivity contribution in [3.8, 4) is 0 Å². The molecule has 82 valence electrons. The molecule has 2 rings (SSSR count). The van der Waals surface area contributed by atoms with E-state index in [0.717, 1.165) is 38.9 Å². The zero-order valence-electron chi connectivity index (χ0n) is 8.20. The molecular weight excluding hydrogens is 204 g/mol. The topological polar surface area (TPSA) is 41.6 Å². The zero-order chi connectivity index (χ0) is 9.10. The maximum Gasteiger partial charge on any atom is 0.410 e. The molecular formula is C9H17ClN2O2. The summed E-state index contributed by atoms with van der Waals surface area (Å²) in [5.74, 6) is 0. The van der Waals surface area contributed by atoms with Gasteiger partial charge in [0.05, 0.1) is 6.61 Å². The van der Waals surface area contributed by atoms with Gasteiger partial charge in [-0.25, -0.2) is 4.79 Å². The van der Waals surface area contributed by atoms with Gasteiger partial charge in [-0.3, -0.25) is 0 Å². The van der Waals surface area contributed by atoms with Crippen molar-refractivity contribution in [1.82, 2.24) is 10.2 Å². The lowest BCUT2D eigenvalue weighted by Gasteiger charge is -2.36. The third kappa shape index (κ3) is 2.51. The molecule has 0 spiro atoms. The van der Waals surface area contributed by atoms with E-state index in [1.54, 1.807) is 0 Å². The van der Waals surface area contributed by atoms with Crippen LogP contribution in [0.3, 0.4) is 0 Å². The van der Waals surface area contributed by atoms with Crippen LogP contribution < -0.4 is 5.32 Å². The minimum absolute atomic E-state index is 0. The van der Waals surface area contributed by atoms with Gasteiger partial charge in [0.25, 0.3) is 0 Å². The maximum atomic E-state index is 11.4. The number of hydrogen-bond donors (Lipinski definition) is 1. The van der Waals surface area contributed by atoms with Crippen LogP contribution in [0.4, 0.5) is 4.79 Å². The molecule has 1 N–H and O–H groups in total. The van der Waals surface area contributed by atoms with Crippen molar-refractivity contribution < 1.29 is 9.53 Å². The van der Waals surface area contributed by atoms with Gasteiger partial charge in [-0.05, 0) is 25.8 Å². The lowest BCUT2D eigenvalue weighted by atomic mass is 10.1. The van der Waals surface area contributed by atoms with E-state index in [1.165, 1.54) is 0 Å². The summed E-state index contributed by atoms with van der Waals surface area (Å²) in [5.41, 5.74) is 0. The number of carbonyl (C=O) groups is 1. The number of ether oxygens (including phenoxy) is 1. The third-order valence-electron chi connectivity index (χ3n) is 2.72. The number of cyclic esters (lactones) is 1. The van der Waals surface area contributed by atoms with Gasteiger partial charge in [0.1, 0.15) is 0 Å². The second kappa shape index (κ2) is 5.41. The molecule has 2 aliphatic rings. The largest absolute Gasteiger partial charge is 0.449 e. The fraction of sp³-hybridized carbons (Fsp3) is 0.889. The van der Waals surface area contributed by atoms with E-state index in [4.69, 9.17) is 4.74 Å². The van der Waals surface area contributed by atoms with Crippen LogP contribution in [-0.2, 0) is 4.74 Å². The molecule has 0 aromatic carbocycles. The lowest BCUT2D eigenvalue weighted by Crippen LogP contribution is -2.51. The van der Waals surface area contributed by atoms with E-state index in [0.29, 0.717) is 12.6 Å². The predicted molar refractivity (Wildman–Crippen MR) is 55.8 cm³/mol. The number of carbonyl (C=O) groups excluding carboxylic acids is 1. The Bertz CT molecular complexity index is 195. The Labute approximate surface area is 90.4 Å². The first-order chi connectivity index (χ1) is 6.38. The first-order valence-electron chi connectivity index (χ1n) is 5.02. The molecule has 2 aliphatic heterocycles. The van der Waals surface area contributed by atoms with E-state index in [9.17, 15) is 4.79 Å². The SMILES string of the molecule is Cl.O=C1OCCCN1C1CCCNC1. The summed E-state index contributed by atoms with van der Waals surface area (Å²) in [7, 11) is 0. The second-order valence-corrected chi connectivity index (χ2v) is 3.66. The smallest absolute Gasteiger partial charge is 0.410 e. The average molecular weight is 221 g/mol. The van der Waals surface area contributed by atoms with Crippen molar-refractivity contribution in [2.45, 2.75) is 25.3 Å². The second-order valence-electron chi connectivity index (χ2n) is 3.66. The van der Waals surface area contributed by atoms with Crippen molar-refractivity contribution in [1.29, 1.82) is 0 Å². The molecule has 2 heterocycles. The molecule has 14 heavy (non-hydrogen) atoms. The van der Waals surface area contributed by atoms with Gasteiger partial charge < -0.3 is 15.0 Å². The molecule has 2 fully saturated rings. The van der Waals surface area contributed by atoms with Gasteiger partial charge >= 0.3 is 6.09 Å². The first-order valence-corrected chi connectivity index (χ1v) is 5.02. The summed E-state index contributed by atoms with van der Waals surface area (Å²) >= 11 is 0. The van der Waals surface area contributed by atoms with Gasteiger partial charge in [0.2, 0.25) is 0 Å². The molecule has 1 atom stereocenters. The van der Waals surface area contributed by atoms with Crippen LogP contribution in [0.5, 0.6) is 0 Å². The van der Waals surface area contributed by atoms with Crippen molar-refractivity contribution in [3.05, 3.63) is 0 Å². The van der Waals surface area contributed by atoms with Gasteiger partial charge in [-0.1, -0.05) is 0 Å². The van der Waals surface area contributed by atoms with Crippen molar-refractivity contribution in [2.75, 3.05) is 26.2 Å². The Morgan fingerprint density at radius 3 is 2.93 bits per heavy atom. The molecule has 0 aliphatic carbocycles. The maximum absolute atomic E-state index is 11.4. The Kier molecular flexibility index (Phi) is 4.48. The van der Waals surface area contributed by atoms with Crippen LogP contribution >= 0.6 is 12.4 Å². The summed E-state index contributed by atoms with van der Waals surface area (Å²) in [4.78, 5) is 13.2. The van der Waals surface area contributed by atoms with Gasteiger partial charge in [0.15, 0.2) is 0 Å². The summed E-state index contributed by atoms with van der Waals surface area (Å²) in [6.07, 6.45) is 3.12. The predicted octanol–water partition coefficient (Wildman–Crippen LogP) is 1.00. The number of hydrogen-bond acceptors (Lipinski definition) is 3. The summed E-state index contributed by atoms with van der Waals surface area (Å²) < 4.78 is 5.00. The molecule has 0 bridgehead atoms. The Balaban J connectivity index is 0.000000980. The molecule has 5 heteroatoms. The van der Waals surface area contributed by atoms with E-state index < -0.39 is 0 Å². The minimum atomic E-state index is -0.125. The Morgan fingerprint density at radius 1 is 1.43 bits per heavy atom. The summed E-state index contributed by atoms with van der Waals surface area (Å²) in [6, 6.07) is 0.363.